The van der Waals surface area contributed by atoms with E-state index < -0.39 is 0 Å². The molecule has 4 N–H and O–H groups in total. The van der Waals surface area contributed by atoms with Crippen LogP contribution in [0.1, 0.15) is 0 Å². The van der Waals surface area contributed by atoms with Crippen LogP contribution >= 0.6 is 24.8 Å². The summed E-state index contributed by atoms with van der Waals surface area (Å²) in [6.45, 7) is 1.06. The Hall–Kier alpha value is 0.160. The highest BCUT2D eigenvalue weighted by Crippen LogP contribution is 1.85. The highest BCUT2D eigenvalue weighted by atomic mass is 32.1. The van der Waals surface area contributed by atoms with Gasteiger partial charge < -0.3 is 5.73 Å². The Labute approximate surface area is 59.4 Å². The van der Waals surface area contributed by atoms with Crippen LogP contribution in [-0.4, -0.2) is 22.4 Å². The van der Waals surface area contributed by atoms with E-state index in [0.29, 0.717) is 17.4 Å². The van der Waals surface area contributed by atoms with Gasteiger partial charge >= 0.3 is 0 Å². The van der Waals surface area contributed by atoms with Crippen molar-refractivity contribution in [1.82, 2.24) is 5.01 Å². The summed E-state index contributed by atoms with van der Waals surface area (Å²) in [5, 5.41) is 1.32. The second-order valence-electron chi connectivity index (χ2n) is 1.26. The van der Waals surface area contributed by atoms with Crippen molar-refractivity contribution < 1.29 is 0 Å². The lowest BCUT2D eigenvalue weighted by Gasteiger charge is -2.13. The summed E-state index contributed by atoms with van der Waals surface area (Å²) in [4.78, 5) is 0. The summed E-state index contributed by atoms with van der Waals surface area (Å²) in [5.74, 6) is 5.26. The van der Waals surface area contributed by atoms with Gasteiger partial charge in [-0.2, -0.15) is 0 Å². The smallest absolute Gasteiger partial charge is 0.147 e. The van der Waals surface area contributed by atoms with Gasteiger partial charge in [-0.3, -0.25) is 5.01 Å². The van der Waals surface area contributed by atoms with Gasteiger partial charge in [0.2, 0.25) is 0 Å². The third-order valence-electron chi connectivity index (χ3n) is 0.616. The van der Waals surface area contributed by atoms with E-state index in [4.69, 9.17) is 11.6 Å². The van der Waals surface area contributed by atoms with E-state index in [2.05, 4.69) is 24.8 Å². The van der Waals surface area contributed by atoms with Crippen molar-refractivity contribution in [2.45, 2.75) is 0 Å². The lowest BCUT2D eigenvalue weighted by Crippen LogP contribution is -2.37. The van der Waals surface area contributed by atoms with Crippen LogP contribution in [-0.2, 0) is 0 Å². The fourth-order valence-corrected chi connectivity index (χ4v) is 0.426. The standard InChI is InChI=1S/C3H9N3S2/c4-1-2-6(5)3(7)8/h1-2,4-5H2,(H,7,8). The summed E-state index contributed by atoms with van der Waals surface area (Å²) < 4.78 is 0.371. The molecule has 0 atom stereocenters. The number of thiol groups is 1. The molecule has 0 aromatic heterocycles. The molecule has 0 aliphatic carbocycles. The van der Waals surface area contributed by atoms with Crippen molar-refractivity contribution in [3.63, 3.8) is 0 Å². The van der Waals surface area contributed by atoms with E-state index in [1.165, 1.54) is 5.01 Å². The van der Waals surface area contributed by atoms with Gasteiger partial charge in [-0.15, -0.1) is 12.6 Å². The molecule has 0 heterocycles. The van der Waals surface area contributed by atoms with Crippen molar-refractivity contribution >= 4 is 29.2 Å². The lowest BCUT2D eigenvalue weighted by molar-refractivity contribution is 0.467. The van der Waals surface area contributed by atoms with Gasteiger partial charge in [0.05, 0.1) is 0 Å². The zero-order chi connectivity index (χ0) is 6.57. The Morgan fingerprint density at radius 2 is 2.25 bits per heavy atom. The van der Waals surface area contributed by atoms with Crippen molar-refractivity contribution in [1.29, 1.82) is 0 Å². The first kappa shape index (κ1) is 8.16. The fourth-order valence-electron chi connectivity index (χ4n) is 0.235. The molecular weight excluding hydrogens is 142 g/mol. The molecule has 0 unspecified atom stereocenters. The molecule has 0 amide bonds. The van der Waals surface area contributed by atoms with E-state index >= 15 is 0 Å². The van der Waals surface area contributed by atoms with E-state index in [9.17, 15) is 0 Å². The largest absolute Gasteiger partial charge is 0.329 e. The molecule has 0 rings (SSSR count). The van der Waals surface area contributed by atoms with Crippen LogP contribution in [0.25, 0.3) is 0 Å². The SMILES string of the molecule is NCCN(N)C(=S)S. The third kappa shape index (κ3) is 3.20. The zero-order valence-corrected chi connectivity index (χ0v) is 6.08. The first-order valence-electron chi connectivity index (χ1n) is 2.13. The maximum absolute atomic E-state index is 5.26. The number of nitrogens with zero attached hydrogens (tertiary/aromatic N) is 1. The summed E-state index contributed by atoms with van der Waals surface area (Å²) in [6, 6.07) is 0. The normalized spacial score (nSPS) is 8.88. The minimum absolute atomic E-state index is 0.371. The average molecular weight is 151 g/mol. The van der Waals surface area contributed by atoms with Crippen LogP contribution < -0.4 is 11.6 Å². The molecule has 0 saturated heterocycles. The van der Waals surface area contributed by atoms with E-state index in [0.717, 1.165) is 0 Å². The predicted molar refractivity (Wildman–Crippen MR) is 41.5 cm³/mol. The van der Waals surface area contributed by atoms with Crippen molar-refractivity contribution in [2.75, 3.05) is 13.1 Å². The van der Waals surface area contributed by atoms with Crippen molar-refractivity contribution in [3.8, 4) is 0 Å². The van der Waals surface area contributed by atoms with Crippen molar-refractivity contribution in [2.24, 2.45) is 11.6 Å². The molecule has 0 fully saturated rings. The zero-order valence-electron chi connectivity index (χ0n) is 4.37. The lowest BCUT2D eigenvalue weighted by atomic mass is 10.6. The Bertz CT molecular complexity index is 84.6. The van der Waals surface area contributed by atoms with Gasteiger partial charge in [-0.05, 0) is 0 Å². The number of hydrazine groups is 1. The number of rotatable bonds is 2. The number of thiocarbonyl (C=S) groups is 1. The van der Waals surface area contributed by atoms with E-state index in [1.807, 2.05) is 0 Å². The highest BCUT2D eigenvalue weighted by molar-refractivity contribution is 8.10. The summed E-state index contributed by atoms with van der Waals surface area (Å²) >= 11 is 8.40. The third-order valence-corrected chi connectivity index (χ3v) is 1.11. The number of hydrogen-bond acceptors (Lipinski definition) is 3. The minimum Gasteiger partial charge on any atom is -0.329 e. The predicted octanol–water partition coefficient (Wildman–Crippen LogP) is -0.664. The second-order valence-corrected chi connectivity index (χ2v) is 2.38. The summed E-state index contributed by atoms with van der Waals surface area (Å²) in [7, 11) is 0. The second kappa shape index (κ2) is 4.08. The van der Waals surface area contributed by atoms with Gasteiger partial charge in [0.25, 0.3) is 0 Å². The molecule has 0 saturated carbocycles. The summed E-state index contributed by atoms with van der Waals surface area (Å²) in [5.41, 5.74) is 5.15. The molecule has 0 bridgehead atoms. The molecule has 3 nitrogen and oxygen atoms in total. The van der Waals surface area contributed by atoms with Crippen LogP contribution in [0.15, 0.2) is 0 Å². The minimum atomic E-state index is 0.371. The van der Waals surface area contributed by atoms with Gasteiger partial charge in [-0.25, -0.2) is 5.84 Å². The maximum atomic E-state index is 5.26. The van der Waals surface area contributed by atoms with Crippen LogP contribution in [0, 0.1) is 0 Å². The Balaban J connectivity index is 3.32. The fraction of sp³-hybridized carbons (Fsp3) is 0.667. The monoisotopic (exact) mass is 151 g/mol. The van der Waals surface area contributed by atoms with Gasteiger partial charge in [0.1, 0.15) is 4.32 Å². The van der Waals surface area contributed by atoms with Gasteiger partial charge in [0.15, 0.2) is 0 Å². The van der Waals surface area contributed by atoms with Crippen LogP contribution in [0.2, 0.25) is 0 Å². The first-order chi connectivity index (χ1) is 3.68. The van der Waals surface area contributed by atoms with E-state index in [-0.39, 0.29) is 0 Å². The quantitative estimate of drug-likeness (QED) is 0.212. The molecule has 0 radical (unpaired) electrons. The Morgan fingerprint density at radius 3 is 2.38 bits per heavy atom. The van der Waals surface area contributed by atoms with Gasteiger partial charge in [-0.1, -0.05) is 12.2 Å². The molecule has 48 valence electrons. The first-order valence-corrected chi connectivity index (χ1v) is 2.99. The molecule has 0 aliphatic heterocycles. The number of nitrogens with two attached hydrogens (primary N) is 2. The van der Waals surface area contributed by atoms with Crippen LogP contribution in [0.4, 0.5) is 0 Å². The topological polar surface area (TPSA) is 55.3 Å². The highest BCUT2D eigenvalue weighted by Gasteiger charge is 1.94. The summed E-state index contributed by atoms with van der Waals surface area (Å²) in [6.07, 6.45) is 0. The molecule has 8 heavy (non-hydrogen) atoms. The molecule has 0 aromatic carbocycles. The van der Waals surface area contributed by atoms with Crippen LogP contribution in [0.3, 0.4) is 0 Å². The number of hydrogen-bond donors (Lipinski definition) is 3. The molecule has 0 aromatic rings. The van der Waals surface area contributed by atoms with Crippen molar-refractivity contribution in [3.05, 3.63) is 0 Å². The maximum Gasteiger partial charge on any atom is 0.147 e. The molecule has 0 spiro atoms. The van der Waals surface area contributed by atoms with Gasteiger partial charge in [0, 0.05) is 13.1 Å². The van der Waals surface area contributed by atoms with Crippen LogP contribution in [0.5, 0.6) is 0 Å². The Morgan fingerprint density at radius 1 is 1.75 bits per heavy atom. The molecular formula is C3H9N3S2. The van der Waals surface area contributed by atoms with E-state index in [1.54, 1.807) is 0 Å². The average Bonchev–Trinajstić information content (AvgIpc) is 1.67. The molecule has 0 aliphatic rings. The Kier molecular flexibility index (Phi) is 4.16. The molecule has 5 heteroatoms.